The monoisotopic (exact) mass is 816 g/mol. The number of esters is 1. The third-order valence-electron chi connectivity index (χ3n) is 13.3. The summed E-state index contributed by atoms with van der Waals surface area (Å²) in [4.78, 5) is 42.9. The number of aliphatic hydroxyl groups excluding tert-OH is 4. The number of Topliss-reactive ketones (excluding diaryl/α,β-unsaturated/α-hetero) is 1. The number of cyclic esters (lactones) is 1. The Bertz CT molecular complexity index is 1490. The van der Waals surface area contributed by atoms with Crippen LogP contribution in [0.25, 0.3) is 0 Å². The Morgan fingerprint density at radius 3 is 2.36 bits per heavy atom. The van der Waals surface area contributed by atoms with Gasteiger partial charge in [0.05, 0.1) is 30.5 Å². The van der Waals surface area contributed by atoms with Gasteiger partial charge in [0, 0.05) is 44.8 Å². The van der Waals surface area contributed by atoms with Crippen molar-refractivity contribution in [3.05, 3.63) is 47.6 Å². The lowest BCUT2D eigenvalue weighted by atomic mass is 9.79. The number of aliphatic hydroxyl groups is 5. The first-order chi connectivity index (χ1) is 27.4. The van der Waals surface area contributed by atoms with E-state index in [1.165, 1.54) is 4.90 Å². The fourth-order valence-corrected chi connectivity index (χ4v) is 9.15. The largest absolute Gasteiger partial charge is 0.460 e. The third-order valence-corrected chi connectivity index (χ3v) is 13.3. The Balaban J connectivity index is 1.64. The van der Waals surface area contributed by atoms with Crippen molar-refractivity contribution in [3.8, 4) is 0 Å². The molecule has 1 aliphatic carbocycles. The average Bonchev–Trinajstić information content (AvgIpc) is 3.19. The van der Waals surface area contributed by atoms with Crippen molar-refractivity contribution < 1.29 is 54.1 Å². The molecule has 0 radical (unpaired) electrons. The van der Waals surface area contributed by atoms with Crippen LogP contribution in [0.15, 0.2) is 47.6 Å². The van der Waals surface area contributed by atoms with Crippen LogP contribution in [0.4, 0.5) is 0 Å². The van der Waals surface area contributed by atoms with Crippen LogP contribution >= 0.6 is 0 Å². The highest BCUT2D eigenvalue weighted by atomic mass is 16.6. The van der Waals surface area contributed by atoms with E-state index in [0.29, 0.717) is 68.9 Å². The zero-order valence-electron chi connectivity index (χ0n) is 36.0. The number of fused-ring (bicyclic) bond motifs is 3. The van der Waals surface area contributed by atoms with Gasteiger partial charge in [-0.05, 0) is 107 Å². The second kappa shape index (κ2) is 22.2. The van der Waals surface area contributed by atoms with Gasteiger partial charge in [0.2, 0.25) is 5.79 Å². The highest BCUT2D eigenvalue weighted by Gasteiger charge is 2.53. The van der Waals surface area contributed by atoms with Crippen LogP contribution < -0.4 is 0 Å². The molecular weight excluding hydrogens is 743 g/mol. The molecule has 1 amide bonds. The second-order valence-corrected chi connectivity index (χ2v) is 18.0. The summed E-state index contributed by atoms with van der Waals surface area (Å²) in [7, 11) is 1.60. The van der Waals surface area contributed by atoms with Crippen LogP contribution in [0, 0.1) is 29.6 Å². The molecule has 5 N–H and O–H groups in total. The molecule has 3 fully saturated rings. The van der Waals surface area contributed by atoms with Crippen LogP contribution in [0.2, 0.25) is 0 Å². The summed E-state index contributed by atoms with van der Waals surface area (Å²) in [5, 5.41) is 56.1. The molecular formula is C46H73NO11. The number of methoxy groups -OCH3 is 1. The molecule has 58 heavy (non-hydrogen) atoms. The summed E-state index contributed by atoms with van der Waals surface area (Å²) in [6, 6.07) is -0.997. The van der Waals surface area contributed by atoms with Gasteiger partial charge < -0.3 is 44.6 Å². The number of allylic oxidation sites excluding steroid dienone is 5. The van der Waals surface area contributed by atoms with E-state index in [1.807, 2.05) is 51.2 Å². The highest BCUT2D eigenvalue weighted by molar-refractivity contribution is 5.88. The molecule has 12 heteroatoms. The minimum absolute atomic E-state index is 0.0357. The van der Waals surface area contributed by atoms with E-state index in [9.17, 15) is 39.9 Å². The van der Waals surface area contributed by atoms with Crippen molar-refractivity contribution in [1.82, 2.24) is 4.90 Å². The van der Waals surface area contributed by atoms with Gasteiger partial charge in [0.1, 0.15) is 17.9 Å². The predicted molar refractivity (Wildman–Crippen MR) is 221 cm³/mol. The maximum Gasteiger partial charge on any atom is 0.329 e. The molecule has 2 bridgehead atoms. The number of ether oxygens (including phenoxy) is 3. The zero-order valence-corrected chi connectivity index (χ0v) is 36.0. The lowest BCUT2D eigenvalue weighted by Crippen LogP contribution is -2.63. The minimum atomic E-state index is -2.24. The van der Waals surface area contributed by atoms with Crippen molar-refractivity contribution in [2.75, 3.05) is 13.7 Å². The standard InChI is InChI=1S/C46H73NO11/c1-28-13-9-8-10-14-29(2)38(49)26-35-19-17-33(6)46(55,58-35)43(52)44(53)47-22-12-11-15-36(47)45(54)57-41(21-16-30(3)39(50)27-40(51)31(4)23-28)32(5)24-34-18-20-37(48)42(25-34)56-7/h8-10,13-14,16,28,31-39,41-43,48-50,52,55H,11-12,15,17-27H2,1-7H3/b10-8+,13-9+,29-14+,30-16+/t28-,31-,32-,33-,34+,35+,36+,37-,38+,39+,41?,42-,43?,46-/m1/s1. The summed E-state index contributed by atoms with van der Waals surface area (Å²) in [6.45, 7) is 11.4. The van der Waals surface area contributed by atoms with Gasteiger partial charge in [-0.15, -0.1) is 0 Å². The molecule has 328 valence electrons. The normalized spacial score (nSPS) is 42.1. The van der Waals surface area contributed by atoms with E-state index in [0.717, 1.165) is 6.42 Å². The molecule has 0 aromatic rings. The number of carbonyl (C=O) groups is 3. The number of hydrogen-bond acceptors (Lipinski definition) is 11. The molecule has 0 spiro atoms. The Hall–Kier alpha value is -2.71. The van der Waals surface area contributed by atoms with Gasteiger partial charge in [0.25, 0.3) is 5.91 Å². The fourth-order valence-electron chi connectivity index (χ4n) is 9.15. The molecule has 2 unspecified atom stereocenters. The Morgan fingerprint density at radius 1 is 0.897 bits per heavy atom. The quantitative estimate of drug-likeness (QED) is 0.179. The lowest BCUT2D eigenvalue weighted by molar-refractivity contribution is -0.317. The van der Waals surface area contributed by atoms with Gasteiger partial charge >= 0.3 is 5.97 Å². The van der Waals surface area contributed by atoms with Crippen molar-refractivity contribution >= 4 is 17.7 Å². The number of hydrogen-bond donors (Lipinski definition) is 5. The minimum Gasteiger partial charge on any atom is -0.460 e. The number of amides is 1. The SMILES string of the molecule is CO[C@@H]1C[C@H](C[C@@H](C)C2C/C=C(\C)[C@@H](O)CC(=O)[C@H](C)C[C@H](C)/C=C/C=C/C=C(\C)[C@@H](O)C[C@@H]3CC[C@@H](C)[C@@](O)(O3)C(O)C(=O)N3CCCC[C@H]3C(=O)O2)CC[C@H]1O. The van der Waals surface area contributed by atoms with Crippen LogP contribution in [0.5, 0.6) is 0 Å². The van der Waals surface area contributed by atoms with Gasteiger partial charge in [0.15, 0.2) is 6.10 Å². The maximum atomic E-state index is 14.2. The molecule has 4 aliphatic rings. The number of carbonyl (C=O) groups excluding carboxylic acids is 3. The van der Waals surface area contributed by atoms with Crippen LogP contribution in [-0.4, -0.2) is 116 Å². The van der Waals surface area contributed by atoms with E-state index < -0.39 is 66.2 Å². The molecule has 14 atom stereocenters. The Labute approximate surface area is 346 Å². The summed E-state index contributed by atoms with van der Waals surface area (Å²) < 4.78 is 18.0. The molecule has 3 heterocycles. The first kappa shape index (κ1) is 48.0. The smallest absolute Gasteiger partial charge is 0.329 e. The lowest BCUT2D eigenvalue weighted by Gasteiger charge is -2.46. The first-order valence-electron chi connectivity index (χ1n) is 21.8. The molecule has 4 rings (SSSR count). The number of rotatable bonds is 4. The maximum absolute atomic E-state index is 14.2. The molecule has 12 nitrogen and oxygen atoms in total. The van der Waals surface area contributed by atoms with Gasteiger partial charge in [-0.25, -0.2) is 4.79 Å². The van der Waals surface area contributed by atoms with Gasteiger partial charge in [-0.3, -0.25) is 9.59 Å². The number of piperidine rings is 1. The average molecular weight is 816 g/mol. The van der Waals surface area contributed by atoms with E-state index in [4.69, 9.17) is 14.2 Å². The Morgan fingerprint density at radius 2 is 1.64 bits per heavy atom. The molecule has 0 aromatic carbocycles. The zero-order chi connectivity index (χ0) is 42.7. The van der Waals surface area contributed by atoms with Gasteiger partial charge in [-0.1, -0.05) is 64.2 Å². The second-order valence-electron chi connectivity index (χ2n) is 18.0. The predicted octanol–water partition coefficient (Wildman–Crippen LogP) is 5.49. The number of nitrogens with zero attached hydrogens (tertiary/aromatic N) is 1. The van der Waals surface area contributed by atoms with E-state index >= 15 is 0 Å². The first-order valence-corrected chi connectivity index (χ1v) is 21.8. The summed E-state index contributed by atoms with van der Waals surface area (Å²) in [5.41, 5.74) is 1.28. The van der Waals surface area contributed by atoms with Crippen LogP contribution in [0.1, 0.15) is 125 Å². The topological polar surface area (TPSA) is 183 Å². The molecule has 2 saturated heterocycles. The van der Waals surface area contributed by atoms with E-state index in [1.54, 1.807) is 34.0 Å². The third kappa shape index (κ3) is 12.9. The van der Waals surface area contributed by atoms with Crippen molar-refractivity contribution in [2.24, 2.45) is 29.6 Å². The summed E-state index contributed by atoms with van der Waals surface area (Å²) >= 11 is 0. The fraction of sp³-hybridized carbons (Fsp3) is 0.761. The van der Waals surface area contributed by atoms with E-state index in [2.05, 4.69) is 0 Å². The van der Waals surface area contributed by atoms with E-state index in [-0.39, 0.29) is 61.4 Å². The molecule has 1 saturated carbocycles. The number of ketones is 1. The Kier molecular flexibility index (Phi) is 18.4. The highest BCUT2D eigenvalue weighted by Crippen LogP contribution is 2.38. The summed E-state index contributed by atoms with van der Waals surface area (Å²) in [5.74, 6) is -4.40. The van der Waals surface area contributed by atoms with Crippen LogP contribution in [0.3, 0.4) is 0 Å². The summed E-state index contributed by atoms with van der Waals surface area (Å²) in [6.07, 6.45) is 11.6. The molecule has 3 aliphatic heterocycles. The van der Waals surface area contributed by atoms with Crippen LogP contribution in [-0.2, 0) is 28.6 Å². The van der Waals surface area contributed by atoms with Gasteiger partial charge in [-0.2, -0.15) is 0 Å². The van der Waals surface area contributed by atoms with Crippen molar-refractivity contribution in [3.63, 3.8) is 0 Å². The van der Waals surface area contributed by atoms with Crippen molar-refractivity contribution in [1.29, 1.82) is 0 Å². The molecule has 0 aromatic heterocycles. The van der Waals surface area contributed by atoms with Crippen molar-refractivity contribution in [2.45, 2.75) is 180 Å².